The average Bonchev–Trinajstić information content (AvgIpc) is 2.27. The van der Waals surface area contributed by atoms with Crippen molar-refractivity contribution in [1.29, 1.82) is 0 Å². The Bertz CT molecular complexity index is 359. The van der Waals surface area contributed by atoms with Crippen molar-refractivity contribution in [3.63, 3.8) is 0 Å². The molecule has 94 valence electrons. The van der Waals surface area contributed by atoms with Gasteiger partial charge < -0.3 is 10.4 Å². The zero-order chi connectivity index (χ0) is 12.7. The zero-order valence-electron chi connectivity index (χ0n) is 10.0. The number of aliphatic hydroxyl groups is 1. The topological polar surface area (TPSA) is 49.3 Å². The van der Waals surface area contributed by atoms with E-state index in [2.05, 4.69) is 5.32 Å². The van der Waals surface area contributed by atoms with Gasteiger partial charge in [0.25, 0.3) is 5.91 Å². The van der Waals surface area contributed by atoms with Crippen molar-refractivity contribution in [3.8, 4) is 0 Å². The van der Waals surface area contributed by atoms with Crippen molar-refractivity contribution in [2.24, 2.45) is 0 Å². The van der Waals surface area contributed by atoms with Crippen molar-refractivity contribution in [3.05, 3.63) is 34.3 Å². The minimum atomic E-state index is -0.0976. The van der Waals surface area contributed by atoms with Crippen LogP contribution in [-0.2, 0) is 0 Å². The Morgan fingerprint density at radius 3 is 2.71 bits per heavy atom. The van der Waals surface area contributed by atoms with E-state index in [0.29, 0.717) is 17.1 Å². The monoisotopic (exact) mass is 255 g/mol. The molecule has 1 aromatic carbocycles. The van der Waals surface area contributed by atoms with Crippen LogP contribution >= 0.6 is 11.6 Å². The maximum atomic E-state index is 11.8. The molecule has 2 N–H and O–H groups in total. The van der Waals surface area contributed by atoms with E-state index < -0.39 is 0 Å². The Balaban J connectivity index is 2.41. The lowest BCUT2D eigenvalue weighted by atomic mass is 10.1. The molecule has 4 heteroatoms. The molecule has 0 saturated carbocycles. The lowest BCUT2D eigenvalue weighted by Crippen LogP contribution is -2.24. The Morgan fingerprint density at radius 2 is 2.06 bits per heavy atom. The van der Waals surface area contributed by atoms with Crippen molar-refractivity contribution in [1.82, 2.24) is 5.32 Å². The maximum Gasteiger partial charge on any atom is 0.251 e. The fourth-order valence-electron chi connectivity index (χ4n) is 1.58. The maximum absolute atomic E-state index is 11.8. The van der Waals surface area contributed by atoms with Crippen LogP contribution in [0.1, 0.15) is 35.2 Å². The van der Waals surface area contributed by atoms with E-state index in [1.807, 2.05) is 19.1 Å². The number of nitrogens with one attached hydrogen (secondary N) is 1. The molecular weight excluding hydrogens is 238 g/mol. The van der Waals surface area contributed by atoms with E-state index in [-0.39, 0.29) is 12.5 Å². The third kappa shape index (κ3) is 5.20. The normalized spacial score (nSPS) is 10.3. The molecule has 0 unspecified atom stereocenters. The summed E-state index contributed by atoms with van der Waals surface area (Å²) >= 11 is 5.89. The van der Waals surface area contributed by atoms with Crippen molar-refractivity contribution < 1.29 is 9.90 Å². The number of halogens is 1. The first-order valence-corrected chi connectivity index (χ1v) is 6.17. The van der Waals surface area contributed by atoms with E-state index in [4.69, 9.17) is 16.7 Å². The van der Waals surface area contributed by atoms with Crippen molar-refractivity contribution in [2.45, 2.75) is 26.2 Å². The van der Waals surface area contributed by atoms with Crippen LogP contribution in [0.15, 0.2) is 18.2 Å². The summed E-state index contributed by atoms with van der Waals surface area (Å²) in [4.78, 5) is 11.8. The van der Waals surface area contributed by atoms with Crippen LogP contribution in [-0.4, -0.2) is 24.2 Å². The summed E-state index contributed by atoms with van der Waals surface area (Å²) in [5, 5.41) is 12.0. The molecule has 1 rings (SSSR count). The van der Waals surface area contributed by atoms with Crippen LogP contribution < -0.4 is 5.32 Å². The highest BCUT2D eigenvalue weighted by Crippen LogP contribution is 2.14. The number of carbonyl (C=O) groups is 1. The van der Waals surface area contributed by atoms with Crippen molar-refractivity contribution in [2.75, 3.05) is 13.2 Å². The Kier molecular flexibility index (Phi) is 6.01. The molecule has 0 atom stereocenters. The van der Waals surface area contributed by atoms with E-state index in [9.17, 15) is 4.79 Å². The van der Waals surface area contributed by atoms with Crippen LogP contribution in [0.3, 0.4) is 0 Å². The number of carbonyl (C=O) groups excluding carboxylic acids is 1. The number of hydrogen-bond donors (Lipinski definition) is 2. The molecule has 0 bridgehead atoms. The Labute approximate surface area is 107 Å². The summed E-state index contributed by atoms with van der Waals surface area (Å²) in [7, 11) is 0. The number of hydrogen-bond acceptors (Lipinski definition) is 2. The third-order valence-corrected chi connectivity index (χ3v) is 2.64. The van der Waals surface area contributed by atoms with Gasteiger partial charge in [0.05, 0.1) is 0 Å². The third-order valence-electron chi connectivity index (χ3n) is 2.42. The number of rotatable bonds is 6. The number of benzene rings is 1. The fraction of sp³-hybridized carbons (Fsp3) is 0.462. The molecule has 0 radical (unpaired) electrons. The van der Waals surface area contributed by atoms with Gasteiger partial charge in [-0.15, -0.1) is 0 Å². The first kappa shape index (κ1) is 14.0. The van der Waals surface area contributed by atoms with Gasteiger partial charge in [0.15, 0.2) is 0 Å². The van der Waals surface area contributed by atoms with Crippen molar-refractivity contribution >= 4 is 17.5 Å². The predicted octanol–water partition coefficient (Wildman–Crippen LogP) is 2.54. The molecule has 0 saturated heterocycles. The van der Waals surface area contributed by atoms with Crippen LogP contribution in [0.4, 0.5) is 0 Å². The van der Waals surface area contributed by atoms with Gasteiger partial charge in [-0.25, -0.2) is 0 Å². The molecule has 1 aromatic rings. The number of unbranched alkanes of at least 4 members (excludes halogenated alkanes) is 2. The van der Waals surface area contributed by atoms with Crippen LogP contribution in [0.25, 0.3) is 0 Å². The predicted molar refractivity (Wildman–Crippen MR) is 69.5 cm³/mol. The van der Waals surface area contributed by atoms with Crippen LogP contribution in [0.2, 0.25) is 5.02 Å². The van der Waals surface area contributed by atoms with Gasteiger partial charge in [-0.05, 0) is 49.9 Å². The first-order valence-electron chi connectivity index (χ1n) is 5.79. The highest BCUT2D eigenvalue weighted by atomic mass is 35.5. The molecule has 0 spiro atoms. The van der Waals surface area contributed by atoms with E-state index in [0.717, 1.165) is 24.8 Å². The van der Waals surface area contributed by atoms with Gasteiger partial charge in [-0.1, -0.05) is 11.6 Å². The molecule has 0 aliphatic rings. The standard InChI is InChI=1S/C13H18ClNO2/c1-10-7-11(9-12(14)8-10)13(17)15-5-3-2-4-6-16/h7-9,16H,2-6H2,1H3,(H,15,17). The molecule has 0 aromatic heterocycles. The second-order valence-corrected chi connectivity index (χ2v) is 4.49. The molecule has 0 aliphatic carbocycles. The van der Waals surface area contributed by atoms with Gasteiger partial charge in [0, 0.05) is 23.7 Å². The minimum Gasteiger partial charge on any atom is -0.396 e. The van der Waals surface area contributed by atoms with Crippen LogP contribution in [0.5, 0.6) is 0 Å². The number of aliphatic hydroxyl groups excluding tert-OH is 1. The van der Waals surface area contributed by atoms with E-state index in [1.165, 1.54) is 0 Å². The average molecular weight is 256 g/mol. The summed E-state index contributed by atoms with van der Waals surface area (Å²) in [6, 6.07) is 5.30. The number of amides is 1. The first-order chi connectivity index (χ1) is 8.13. The lowest BCUT2D eigenvalue weighted by Gasteiger charge is -2.06. The fourth-order valence-corrected chi connectivity index (χ4v) is 1.87. The van der Waals surface area contributed by atoms with Gasteiger partial charge in [0.1, 0.15) is 0 Å². The quantitative estimate of drug-likeness (QED) is 0.768. The number of aryl methyl sites for hydroxylation is 1. The molecular formula is C13H18ClNO2. The summed E-state index contributed by atoms with van der Waals surface area (Å²) in [5.74, 6) is -0.0976. The van der Waals surface area contributed by atoms with Gasteiger partial charge in [-0.3, -0.25) is 4.79 Å². The van der Waals surface area contributed by atoms with E-state index >= 15 is 0 Å². The lowest BCUT2D eigenvalue weighted by molar-refractivity contribution is 0.0953. The minimum absolute atomic E-state index is 0.0976. The molecule has 3 nitrogen and oxygen atoms in total. The second-order valence-electron chi connectivity index (χ2n) is 4.06. The smallest absolute Gasteiger partial charge is 0.251 e. The zero-order valence-corrected chi connectivity index (χ0v) is 10.8. The van der Waals surface area contributed by atoms with Crippen LogP contribution in [0, 0.1) is 6.92 Å². The molecule has 0 heterocycles. The summed E-state index contributed by atoms with van der Waals surface area (Å²) in [6.07, 6.45) is 2.59. The molecule has 0 aliphatic heterocycles. The van der Waals surface area contributed by atoms with Gasteiger partial charge in [0.2, 0.25) is 0 Å². The molecule has 0 fully saturated rings. The molecule has 1 amide bonds. The highest BCUT2D eigenvalue weighted by Gasteiger charge is 2.06. The van der Waals surface area contributed by atoms with Gasteiger partial charge >= 0.3 is 0 Å². The summed E-state index contributed by atoms with van der Waals surface area (Å²) in [6.45, 7) is 2.75. The SMILES string of the molecule is Cc1cc(Cl)cc(C(=O)NCCCCCO)c1. The summed E-state index contributed by atoms with van der Waals surface area (Å²) < 4.78 is 0. The Hall–Kier alpha value is -1.06. The highest BCUT2D eigenvalue weighted by molar-refractivity contribution is 6.31. The van der Waals surface area contributed by atoms with E-state index in [1.54, 1.807) is 6.07 Å². The molecule has 17 heavy (non-hydrogen) atoms. The van der Waals surface area contributed by atoms with Gasteiger partial charge in [-0.2, -0.15) is 0 Å². The summed E-state index contributed by atoms with van der Waals surface area (Å²) in [5.41, 5.74) is 1.57. The second kappa shape index (κ2) is 7.30. The Morgan fingerprint density at radius 1 is 1.29 bits per heavy atom. The largest absolute Gasteiger partial charge is 0.396 e.